The van der Waals surface area contributed by atoms with Gasteiger partial charge in [0.1, 0.15) is 5.82 Å². The molecule has 1 aliphatic heterocycles. The molecular weight excluding hydrogens is 426 g/mol. The van der Waals surface area contributed by atoms with Crippen molar-refractivity contribution in [1.29, 1.82) is 0 Å². The molecule has 11 heteroatoms. The number of unbranched alkanes of at least 4 members (excludes halogenated alkanes) is 1. The molecule has 0 bridgehead atoms. The number of rotatable bonds is 7. The molecule has 31 heavy (non-hydrogen) atoms. The zero-order valence-electron chi connectivity index (χ0n) is 17.4. The molecular formula is C20H24F2N6O2S. The van der Waals surface area contributed by atoms with Crippen LogP contribution in [0.15, 0.2) is 29.2 Å². The molecule has 3 heterocycles. The second-order valence-corrected chi connectivity index (χ2v) is 9.88. The molecule has 1 fully saturated rings. The van der Waals surface area contributed by atoms with Crippen molar-refractivity contribution in [3.05, 3.63) is 35.7 Å². The number of aryl methyl sites for hydroxylation is 1. The first-order valence-electron chi connectivity index (χ1n) is 10.2. The largest absolute Gasteiger partial charge is 0.348 e. The number of aromatic nitrogens is 5. The van der Waals surface area contributed by atoms with Gasteiger partial charge in [-0.3, -0.25) is 0 Å². The average molecular weight is 451 g/mol. The van der Waals surface area contributed by atoms with Gasteiger partial charge in [-0.2, -0.15) is 0 Å². The van der Waals surface area contributed by atoms with Crippen LogP contribution in [0.1, 0.15) is 37.6 Å². The van der Waals surface area contributed by atoms with E-state index < -0.39 is 22.3 Å². The molecule has 3 aromatic rings. The predicted molar refractivity (Wildman–Crippen MR) is 112 cm³/mol. The van der Waals surface area contributed by atoms with Crippen LogP contribution in [0.3, 0.4) is 0 Å². The second-order valence-electron chi connectivity index (χ2n) is 7.89. The van der Waals surface area contributed by atoms with Crippen molar-refractivity contribution in [2.75, 3.05) is 24.2 Å². The van der Waals surface area contributed by atoms with Crippen LogP contribution in [-0.4, -0.2) is 58.6 Å². The van der Waals surface area contributed by atoms with E-state index in [4.69, 9.17) is 0 Å². The molecule has 0 atom stereocenters. The minimum Gasteiger partial charge on any atom is -0.348 e. The van der Waals surface area contributed by atoms with Gasteiger partial charge in [0.15, 0.2) is 26.8 Å². The number of hydrogen-bond acceptors (Lipinski definition) is 7. The third-order valence-electron chi connectivity index (χ3n) is 5.31. The van der Waals surface area contributed by atoms with Crippen molar-refractivity contribution in [2.24, 2.45) is 0 Å². The molecule has 0 amide bonds. The van der Waals surface area contributed by atoms with Gasteiger partial charge in [0.2, 0.25) is 0 Å². The molecule has 4 rings (SSSR count). The molecule has 0 spiro atoms. The standard InChI is InChI=1S/C20H24F2N6O2S/c1-3-4-9-16-23-18(27-11-10-20(21,22)13-27)17-19(24-16)28(26-25-17)12-14-7-5-6-8-15(14)31(2,29)30/h5-8H,3-4,9-13H2,1-2H3. The number of fused-ring (bicyclic) bond motifs is 1. The Hall–Kier alpha value is -2.69. The number of halogens is 2. The SMILES string of the molecule is CCCCc1nc(N2CCC(F)(F)C2)c2nnn(Cc3ccccc3S(C)(=O)=O)c2n1. The highest BCUT2D eigenvalue weighted by Gasteiger charge is 2.40. The first-order chi connectivity index (χ1) is 14.7. The Balaban J connectivity index is 1.79. The van der Waals surface area contributed by atoms with Gasteiger partial charge in [-0.05, 0) is 18.1 Å². The van der Waals surface area contributed by atoms with Crippen LogP contribution in [0, 0.1) is 0 Å². The van der Waals surface area contributed by atoms with Crippen molar-refractivity contribution in [1.82, 2.24) is 25.0 Å². The molecule has 0 saturated carbocycles. The molecule has 1 aliphatic rings. The molecule has 0 aliphatic carbocycles. The molecule has 2 aromatic heterocycles. The van der Waals surface area contributed by atoms with E-state index in [0.717, 1.165) is 19.1 Å². The zero-order chi connectivity index (χ0) is 22.2. The van der Waals surface area contributed by atoms with Gasteiger partial charge < -0.3 is 4.90 Å². The van der Waals surface area contributed by atoms with E-state index >= 15 is 0 Å². The molecule has 0 radical (unpaired) electrons. The summed E-state index contributed by atoms with van der Waals surface area (Å²) in [6.07, 6.45) is 3.33. The number of hydrogen-bond donors (Lipinski definition) is 0. The first-order valence-corrected chi connectivity index (χ1v) is 12.1. The summed E-state index contributed by atoms with van der Waals surface area (Å²) in [5.74, 6) is -1.87. The lowest BCUT2D eigenvalue weighted by Crippen LogP contribution is -2.26. The third-order valence-corrected chi connectivity index (χ3v) is 6.50. The van der Waals surface area contributed by atoms with Gasteiger partial charge >= 0.3 is 0 Å². The molecule has 166 valence electrons. The normalized spacial score (nSPS) is 16.3. The molecule has 1 aromatic carbocycles. The predicted octanol–water partition coefficient (Wildman–Crippen LogP) is 2.86. The van der Waals surface area contributed by atoms with E-state index in [1.165, 1.54) is 9.58 Å². The third kappa shape index (κ3) is 4.51. The second kappa shape index (κ2) is 8.10. The first kappa shape index (κ1) is 21.5. The Morgan fingerprint density at radius 1 is 1.19 bits per heavy atom. The fourth-order valence-corrected chi connectivity index (χ4v) is 4.67. The quantitative estimate of drug-likeness (QED) is 0.546. The van der Waals surface area contributed by atoms with E-state index in [-0.39, 0.29) is 24.4 Å². The van der Waals surface area contributed by atoms with E-state index in [1.807, 2.05) is 6.92 Å². The minimum atomic E-state index is -3.43. The summed E-state index contributed by atoms with van der Waals surface area (Å²) in [6.45, 7) is 1.94. The van der Waals surface area contributed by atoms with Crippen LogP contribution < -0.4 is 4.90 Å². The fourth-order valence-electron chi connectivity index (χ4n) is 3.73. The monoisotopic (exact) mass is 450 g/mol. The Morgan fingerprint density at radius 3 is 2.65 bits per heavy atom. The van der Waals surface area contributed by atoms with Crippen LogP contribution in [-0.2, 0) is 22.8 Å². The van der Waals surface area contributed by atoms with Crippen LogP contribution in [0.25, 0.3) is 11.2 Å². The number of anilines is 1. The van der Waals surface area contributed by atoms with Gasteiger partial charge in [-0.1, -0.05) is 36.8 Å². The summed E-state index contributed by atoms with van der Waals surface area (Å²) in [4.78, 5) is 10.9. The molecule has 1 saturated heterocycles. The van der Waals surface area contributed by atoms with Crippen LogP contribution in [0.2, 0.25) is 0 Å². The van der Waals surface area contributed by atoms with E-state index in [2.05, 4.69) is 20.3 Å². The lowest BCUT2D eigenvalue weighted by molar-refractivity contribution is 0.0257. The summed E-state index contributed by atoms with van der Waals surface area (Å²) < 4.78 is 53.5. The van der Waals surface area contributed by atoms with Gasteiger partial charge in [-0.15, -0.1) is 5.10 Å². The summed E-state index contributed by atoms with van der Waals surface area (Å²) >= 11 is 0. The van der Waals surface area contributed by atoms with Crippen molar-refractivity contribution < 1.29 is 17.2 Å². The van der Waals surface area contributed by atoms with Gasteiger partial charge in [0.05, 0.1) is 18.0 Å². The Morgan fingerprint density at radius 2 is 1.97 bits per heavy atom. The van der Waals surface area contributed by atoms with E-state index in [9.17, 15) is 17.2 Å². The maximum atomic E-state index is 13.8. The maximum absolute atomic E-state index is 13.8. The zero-order valence-corrected chi connectivity index (χ0v) is 18.2. The fraction of sp³-hybridized carbons (Fsp3) is 0.500. The van der Waals surface area contributed by atoms with Crippen molar-refractivity contribution in [3.63, 3.8) is 0 Å². The number of nitrogens with zero attached hydrogens (tertiary/aromatic N) is 6. The number of sulfone groups is 1. The van der Waals surface area contributed by atoms with E-state index in [0.29, 0.717) is 34.8 Å². The maximum Gasteiger partial charge on any atom is 0.266 e. The highest BCUT2D eigenvalue weighted by molar-refractivity contribution is 7.90. The number of benzene rings is 1. The van der Waals surface area contributed by atoms with E-state index in [1.54, 1.807) is 24.3 Å². The lowest BCUT2D eigenvalue weighted by Gasteiger charge is -2.18. The highest BCUT2D eigenvalue weighted by Crippen LogP contribution is 2.33. The lowest BCUT2D eigenvalue weighted by atomic mass is 10.2. The molecule has 0 unspecified atom stereocenters. The minimum absolute atomic E-state index is 0.138. The molecule has 8 nitrogen and oxygen atoms in total. The number of alkyl halides is 2. The van der Waals surface area contributed by atoms with Crippen molar-refractivity contribution >= 4 is 26.8 Å². The van der Waals surface area contributed by atoms with Crippen molar-refractivity contribution in [2.45, 2.75) is 50.0 Å². The van der Waals surface area contributed by atoms with Gasteiger partial charge in [0.25, 0.3) is 5.92 Å². The van der Waals surface area contributed by atoms with Crippen molar-refractivity contribution in [3.8, 4) is 0 Å². The van der Waals surface area contributed by atoms with Crippen LogP contribution >= 0.6 is 0 Å². The molecule has 0 N–H and O–H groups in total. The summed E-state index contributed by atoms with van der Waals surface area (Å²) in [5, 5.41) is 8.33. The summed E-state index contributed by atoms with van der Waals surface area (Å²) in [6, 6.07) is 6.67. The summed E-state index contributed by atoms with van der Waals surface area (Å²) in [7, 11) is -3.43. The van der Waals surface area contributed by atoms with Gasteiger partial charge in [0, 0.05) is 25.6 Å². The Labute approximate surface area is 179 Å². The topological polar surface area (TPSA) is 93.9 Å². The Kier molecular flexibility index (Phi) is 5.63. The van der Waals surface area contributed by atoms with Crippen LogP contribution in [0.4, 0.5) is 14.6 Å². The van der Waals surface area contributed by atoms with Gasteiger partial charge in [-0.25, -0.2) is 31.8 Å². The summed E-state index contributed by atoms with van der Waals surface area (Å²) in [5.41, 5.74) is 1.31. The van der Waals surface area contributed by atoms with Crippen LogP contribution in [0.5, 0.6) is 0 Å². The average Bonchev–Trinajstić information content (AvgIpc) is 3.28. The Bertz CT molecular complexity index is 1210. The smallest absolute Gasteiger partial charge is 0.266 e. The highest BCUT2D eigenvalue weighted by atomic mass is 32.2.